The third-order valence-electron chi connectivity index (χ3n) is 1.91. The molecule has 0 aromatic carbocycles. The van der Waals surface area contributed by atoms with Crippen LogP contribution in [0.15, 0.2) is 0 Å². The fourth-order valence-corrected chi connectivity index (χ4v) is 1.08. The molecule has 1 aliphatic rings. The van der Waals surface area contributed by atoms with Gasteiger partial charge in [-0.25, -0.2) is 0 Å². The minimum Gasteiger partial charge on any atom is -0.375 e. The van der Waals surface area contributed by atoms with Gasteiger partial charge in [0, 0.05) is 26.2 Å². The molecule has 1 amide bonds. The highest BCUT2D eigenvalue weighted by molar-refractivity contribution is 5.78. The van der Waals surface area contributed by atoms with E-state index in [1.807, 2.05) is 7.05 Å². The Morgan fingerprint density at radius 1 is 1.73 bits per heavy atom. The summed E-state index contributed by atoms with van der Waals surface area (Å²) in [6, 6.07) is 0.482. The van der Waals surface area contributed by atoms with E-state index in [0.717, 1.165) is 13.1 Å². The second-order valence-electron chi connectivity index (χ2n) is 2.72. The van der Waals surface area contributed by atoms with Gasteiger partial charge in [0.15, 0.2) is 0 Å². The van der Waals surface area contributed by atoms with Crippen molar-refractivity contribution in [3.63, 3.8) is 0 Å². The van der Waals surface area contributed by atoms with Crippen LogP contribution in [0, 0.1) is 0 Å². The number of carbonyl (C=O) groups is 1. The molecule has 0 aromatic heterocycles. The molecule has 1 aliphatic heterocycles. The normalized spacial score (nSPS) is 18.2. The lowest BCUT2D eigenvalue weighted by Crippen LogP contribution is -2.59. The number of likely N-dealkylation sites (N-methyl/N-ethyl adjacent to an activating group) is 1. The smallest absolute Gasteiger partial charge is 0.248 e. The molecule has 4 nitrogen and oxygen atoms in total. The average molecular weight is 158 g/mol. The number of hydrogen-bond acceptors (Lipinski definition) is 3. The summed E-state index contributed by atoms with van der Waals surface area (Å²) in [4.78, 5) is 12.8. The van der Waals surface area contributed by atoms with Gasteiger partial charge in [-0.2, -0.15) is 0 Å². The Labute approximate surface area is 66.5 Å². The average Bonchev–Trinajstić information content (AvgIpc) is 1.86. The van der Waals surface area contributed by atoms with Crippen LogP contribution in [0.2, 0.25) is 0 Å². The van der Waals surface area contributed by atoms with Crippen LogP contribution in [0.1, 0.15) is 0 Å². The largest absolute Gasteiger partial charge is 0.375 e. The number of nitrogens with one attached hydrogen (secondary N) is 1. The van der Waals surface area contributed by atoms with Crippen molar-refractivity contribution < 1.29 is 9.53 Å². The molecule has 0 spiro atoms. The minimum absolute atomic E-state index is 0.0824. The number of amides is 1. The van der Waals surface area contributed by atoms with Crippen LogP contribution < -0.4 is 5.32 Å². The van der Waals surface area contributed by atoms with Crippen molar-refractivity contribution in [1.29, 1.82) is 0 Å². The summed E-state index contributed by atoms with van der Waals surface area (Å²) in [5.74, 6) is 0.0824. The van der Waals surface area contributed by atoms with Crippen LogP contribution in [0.25, 0.3) is 0 Å². The van der Waals surface area contributed by atoms with Crippen LogP contribution in [0.3, 0.4) is 0 Å². The fraction of sp³-hybridized carbons (Fsp3) is 0.857. The van der Waals surface area contributed by atoms with E-state index in [0.29, 0.717) is 6.04 Å². The molecule has 0 saturated carbocycles. The van der Waals surface area contributed by atoms with Crippen molar-refractivity contribution in [1.82, 2.24) is 10.2 Å². The predicted octanol–water partition coefficient (Wildman–Crippen LogP) is -0.937. The van der Waals surface area contributed by atoms with Crippen molar-refractivity contribution in [3.8, 4) is 0 Å². The molecule has 0 radical (unpaired) electrons. The molecular weight excluding hydrogens is 144 g/mol. The van der Waals surface area contributed by atoms with Gasteiger partial charge < -0.3 is 15.0 Å². The van der Waals surface area contributed by atoms with E-state index >= 15 is 0 Å². The van der Waals surface area contributed by atoms with E-state index in [9.17, 15) is 4.79 Å². The SMILES string of the molecule is CNC1CN(C(=O)COC)C1. The van der Waals surface area contributed by atoms with Gasteiger partial charge in [-0.15, -0.1) is 0 Å². The monoisotopic (exact) mass is 158 g/mol. The van der Waals surface area contributed by atoms with Gasteiger partial charge in [0.25, 0.3) is 0 Å². The van der Waals surface area contributed by atoms with Gasteiger partial charge in [-0.1, -0.05) is 0 Å². The summed E-state index contributed by atoms with van der Waals surface area (Å²) in [5.41, 5.74) is 0. The summed E-state index contributed by atoms with van der Waals surface area (Å²) in [5, 5.41) is 3.09. The molecule has 0 unspecified atom stereocenters. The first-order valence-electron chi connectivity index (χ1n) is 3.72. The maximum Gasteiger partial charge on any atom is 0.248 e. The molecule has 11 heavy (non-hydrogen) atoms. The zero-order chi connectivity index (χ0) is 8.27. The first-order chi connectivity index (χ1) is 5.27. The Kier molecular flexibility index (Phi) is 2.84. The second kappa shape index (κ2) is 3.69. The van der Waals surface area contributed by atoms with Crippen molar-refractivity contribution >= 4 is 5.91 Å². The molecule has 0 bridgehead atoms. The lowest BCUT2D eigenvalue weighted by atomic mass is 10.1. The molecule has 0 aromatic rings. The van der Waals surface area contributed by atoms with Crippen molar-refractivity contribution in [2.24, 2.45) is 0 Å². The number of ether oxygens (including phenoxy) is 1. The maximum absolute atomic E-state index is 11.1. The van der Waals surface area contributed by atoms with Crippen LogP contribution in [0.4, 0.5) is 0 Å². The van der Waals surface area contributed by atoms with Crippen molar-refractivity contribution in [2.45, 2.75) is 6.04 Å². The van der Waals surface area contributed by atoms with Gasteiger partial charge in [0.05, 0.1) is 0 Å². The third-order valence-corrected chi connectivity index (χ3v) is 1.91. The molecule has 4 heteroatoms. The van der Waals surface area contributed by atoms with Gasteiger partial charge in [-0.3, -0.25) is 4.79 Å². The number of nitrogens with zero attached hydrogens (tertiary/aromatic N) is 1. The van der Waals surface area contributed by atoms with E-state index in [2.05, 4.69) is 5.32 Å². The summed E-state index contributed by atoms with van der Waals surface area (Å²) < 4.78 is 4.72. The summed E-state index contributed by atoms with van der Waals surface area (Å²) in [7, 11) is 3.44. The first-order valence-corrected chi connectivity index (χ1v) is 3.72. The Morgan fingerprint density at radius 3 is 2.82 bits per heavy atom. The minimum atomic E-state index is 0.0824. The quantitative estimate of drug-likeness (QED) is 0.576. The van der Waals surface area contributed by atoms with E-state index in [1.165, 1.54) is 7.11 Å². The standard InChI is InChI=1S/C7H14N2O2/c1-8-6-3-9(4-6)7(10)5-11-2/h6,8H,3-5H2,1-2H3. The number of rotatable bonds is 3. The first kappa shape index (κ1) is 8.49. The Bertz CT molecular complexity index is 143. The van der Waals surface area contributed by atoms with Gasteiger partial charge in [0.2, 0.25) is 5.91 Å². The molecule has 1 rings (SSSR count). The zero-order valence-corrected chi connectivity index (χ0v) is 6.96. The van der Waals surface area contributed by atoms with Gasteiger partial charge >= 0.3 is 0 Å². The Balaban J connectivity index is 2.16. The lowest BCUT2D eigenvalue weighted by Gasteiger charge is -2.38. The van der Waals surface area contributed by atoms with Gasteiger partial charge in [-0.05, 0) is 7.05 Å². The van der Waals surface area contributed by atoms with Gasteiger partial charge in [0.1, 0.15) is 6.61 Å². The van der Waals surface area contributed by atoms with Crippen molar-refractivity contribution in [2.75, 3.05) is 33.9 Å². The number of methoxy groups -OCH3 is 1. The highest BCUT2D eigenvalue weighted by atomic mass is 16.5. The molecule has 64 valence electrons. The number of hydrogen-bond donors (Lipinski definition) is 1. The number of likely N-dealkylation sites (tertiary alicyclic amines) is 1. The second-order valence-corrected chi connectivity index (χ2v) is 2.72. The highest BCUT2D eigenvalue weighted by Crippen LogP contribution is 2.06. The Hall–Kier alpha value is -0.610. The third kappa shape index (κ3) is 1.91. The molecule has 0 aliphatic carbocycles. The topological polar surface area (TPSA) is 41.6 Å². The summed E-state index contributed by atoms with van der Waals surface area (Å²) in [6.07, 6.45) is 0. The summed E-state index contributed by atoms with van der Waals surface area (Å²) >= 11 is 0. The molecule has 1 N–H and O–H groups in total. The molecule has 0 atom stereocenters. The molecular formula is C7H14N2O2. The van der Waals surface area contributed by atoms with E-state index in [1.54, 1.807) is 4.90 Å². The van der Waals surface area contributed by atoms with E-state index in [-0.39, 0.29) is 12.5 Å². The molecule has 1 heterocycles. The van der Waals surface area contributed by atoms with E-state index < -0.39 is 0 Å². The fourth-order valence-electron chi connectivity index (χ4n) is 1.08. The van der Waals surface area contributed by atoms with Crippen LogP contribution >= 0.6 is 0 Å². The summed E-state index contributed by atoms with van der Waals surface area (Å²) in [6.45, 7) is 1.84. The number of carbonyl (C=O) groups excluding carboxylic acids is 1. The predicted molar refractivity (Wildman–Crippen MR) is 41.3 cm³/mol. The van der Waals surface area contributed by atoms with Crippen LogP contribution in [-0.4, -0.2) is 50.7 Å². The highest BCUT2D eigenvalue weighted by Gasteiger charge is 2.28. The molecule has 1 fully saturated rings. The zero-order valence-electron chi connectivity index (χ0n) is 6.96. The lowest BCUT2D eigenvalue weighted by molar-refractivity contribution is -0.139. The van der Waals surface area contributed by atoms with Crippen LogP contribution in [0.5, 0.6) is 0 Å². The van der Waals surface area contributed by atoms with E-state index in [4.69, 9.17) is 4.74 Å². The maximum atomic E-state index is 11.1. The molecule has 1 saturated heterocycles. The Morgan fingerprint density at radius 2 is 2.36 bits per heavy atom. The van der Waals surface area contributed by atoms with Crippen LogP contribution in [-0.2, 0) is 9.53 Å². The van der Waals surface area contributed by atoms with Crippen molar-refractivity contribution in [3.05, 3.63) is 0 Å².